The lowest BCUT2D eigenvalue weighted by molar-refractivity contribution is 0.107. The Balaban J connectivity index is 1.96. The second-order valence-corrected chi connectivity index (χ2v) is 4.87. The summed E-state index contributed by atoms with van der Waals surface area (Å²) >= 11 is 10.8. The average Bonchev–Trinajstić information content (AvgIpc) is 2.41. The molecule has 0 fully saturated rings. The maximum atomic E-state index is 5.82. The molecule has 2 aromatic rings. The van der Waals surface area contributed by atoms with Crippen molar-refractivity contribution in [3.8, 4) is 0 Å². The molecular formula is C14H13ClN2OS. The number of halogens is 1. The number of benzene rings is 1. The van der Waals surface area contributed by atoms with Gasteiger partial charge in [-0.25, -0.2) is 0 Å². The van der Waals surface area contributed by atoms with Gasteiger partial charge in [0.25, 0.3) is 0 Å². The maximum absolute atomic E-state index is 5.82. The van der Waals surface area contributed by atoms with Gasteiger partial charge in [0, 0.05) is 16.8 Å². The van der Waals surface area contributed by atoms with Gasteiger partial charge in [-0.15, -0.1) is 0 Å². The zero-order valence-electron chi connectivity index (χ0n) is 10.2. The van der Waals surface area contributed by atoms with E-state index in [1.54, 1.807) is 6.20 Å². The van der Waals surface area contributed by atoms with E-state index >= 15 is 0 Å². The Morgan fingerprint density at radius 3 is 2.63 bits per heavy atom. The van der Waals surface area contributed by atoms with E-state index in [2.05, 4.69) is 4.98 Å². The molecule has 1 aromatic heterocycles. The molecule has 0 aliphatic carbocycles. The summed E-state index contributed by atoms with van der Waals surface area (Å²) in [7, 11) is 0. The Morgan fingerprint density at radius 1 is 1.21 bits per heavy atom. The van der Waals surface area contributed by atoms with E-state index in [1.165, 1.54) is 0 Å². The molecule has 0 radical (unpaired) electrons. The van der Waals surface area contributed by atoms with Crippen LogP contribution in [0.3, 0.4) is 0 Å². The minimum Gasteiger partial charge on any atom is -0.388 e. The summed E-state index contributed by atoms with van der Waals surface area (Å²) in [5, 5.41) is 0.715. The third kappa shape index (κ3) is 3.99. The molecule has 0 amide bonds. The lowest BCUT2D eigenvalue weighted by Gasteiger charge is -2.08. The Morgan fingerprint density at radius 2 is 1.95 bits per heavy atom. The lowest BCUT2D eigenvalue weighted by Crippen LogP contribution is -2.14. The second kappa shape index (κ2) is 6.61. The van der Waals surface area contributed by atoms with E-state index in [0.717, 1.165) is 11.1 Å². The SMILES string of the molecule is NC(=S)c1ncccc1COCc1ccc(Cl)cc1. The fourth-order valence-corrected chi connectivity index (χ4v) is 1.95. The number of pyridine rings is 1. The molecule has 0 spiro atoms. The third-order valence-electron chi connectivity index (χ3n) is 2.56. The van der Waals surface area contributed by atoms with E-state index in [4.69, 9.17) is 34.3 Å². The molecule has 2 rings (SSSR count). The molecule has 19 heavy (non-hydrogen) atoms. The van der Waals surface area contributed by atoms with E-state index in [-0.39, 0.29) is 4.99 Å². The summed E-state index contributed by atoms with van der Waals surface area (Å²) < 4.78 is 5.64. The molecule has 1 aromatic carbocycles. The van der Waals surface area contributed by atoms with Crippen LogP contribution in [0.2, 0.25) is 5.02 Å². The number of nitrogens with zero attached hydrogens (tertiary/aromatic N) is 1. The van der Waals surface area contributed by atoms with Crippen molar-refractivity contribution in [1.82, 2.24) is 4.98 Å². The van der Waals surface area contributed by atoms with Gasteiger partial charge >= 0.3 is 0 Å². The highest BCUT2D eigenvalue weighted by Crippen LogP contribution is 2.12. The van der Waals surface area contributed by atoms with Crippen LogP contribution in [0, 0.1) is 0 Å². The van der Waals surface area contributed by atoms with Crippen LogP contribution in [0.5, 0.6) is 0 Å². The van der Waals surface area contributed by atoms with Gasteiger partial charge in [-0.1, -0.05) is 42.0 Å². The van der Waals surface area contributed by atoms with Crippen LogP contribution < -0.4 is 5.73 Å². The van der Waals surface area contributed by atoms with Crippen molar-refractivity contribution in [3.05, 3.63) is 64.4 Å². The number of nitrogens with two attached hydrogens (primary N) is 1. The fraction of sp³-hybridized carbons (Fsp3) is 0.143. The first-order valence-corrected chi connectivity index (χ1v) is 6.51. The van der Waals surface area contributed by atoms with Crippen LogP contribution in [-0.4, -0.2) is 9.97 Å². The first-order chi connectivity index (χ1) is 9.16. The Kier molecular flexibility index (Phi) is 4.85. The molecule has 1 heterocycles. The standard InChI is InChI=1S/C14H13ClN2OS/c15-12-5-3-10(4-6-12)8-18-9-11-2-1-7-17-13(11)14(16)19/h1-7H,8-9H2,(H2,16,19). The Labute approximate surface area is 122 Å². The average molecular weight is 293 g/mol. The molecule has 0 saturated carbocycles. The zero-order valence-corrected chi connectivity index (χ0v) is 11.7. The molecule has 0 aliphatic heterocycles. The van der Waals surface area contributed by atoms with Gasteiger partial charge in [-0.3, -0.25) is 4.98 Å². The van der Waals surface area contributed by atoms with Crippen molar-refractivity contribution in [3.63, 3.8) is 0 Å². The molecular weight excluding hydrogens is 280 g/mol. The van der Waals surface area contributed by atoms with E-state index in [9.17, 15) is 0 Å². The molecule has 3 nitrogen and oxygen atoms in total. The Hall–Kier alpha value is -1.49. The van der Waals surface area contributed by atoms with Crippen molar-refractivity contribution < 1.29 is 4.74 Å². The number of ether oxygens (including phenoxy) is 1. The predicted octanol–water partition coefficient (Wildman–Crippen LogP) is 3.09. The Bertz CT molecular complexity index is 572. The highest BCUT2D eigenvalue weighted by Gasteiger charge is 2.06. The van der Waals surface area contributed by atoms with Gasteiger partial charge in [0.2, 0.25) is 0 Å². The summed E-state index contributed by atoms with van der Waals surface area (Å²) in [5.74, 6) is 0. The maximum Gasteiger partial charge on any atom is 0.123 e. The smallest absolute Gasteiger partial charge is 0.123 e. The minimum atomic E-state index is 0.283. The van der Waals surface area contributed by atoms with E-state index in [1.807, 2.05) is 36.4 Å². The number of rotatable bonds is 5. The van der Waals surface area contributed by atoms with Gasteiger partial charge < -0.3 is 10.5 Å². The summed E-state index contributed by atoms with van der Waals surface area (Å²) in [5.41, 5.74) is 8.18. The van der Waals surface area contributed by atoms with Crippen molar-refractivity contribution in [1.29, 1.82) is 0 Å². The molecule has 2 N–H and O–H groups in total. The zero-order chi connectivity index (χ0) is 13.7. The van der Waals surface area contributed by atoms with Crippen LogP contribution >= 0.6 is 23.8 Å². The fourth-order valence-electron chi connectivity index (χ4n) is 1.64. The quantitative estimate of drug-likeness (QED) is 0.860. The molecule has 0 saturated heterocycles. The van der Waals surface area contributed by atoms with Gasteiger partial charge in [0.15, 0.2) is 0 Å². The first-order valence-electron chi connectivity index (χ1n) is 5.72. The number of aromatic nitrogens is 1. The van der Waals surface area contributed by atoms with Crippen LogP contribution in [0.25, 0.3) is 0 Å². The van der Waals surface area contributed by atoms with Gasteiger partial charge in [-0.2, -0.15) is 0 Å². The number of hydrogen-bond acceptors (Lipinski definition) is 3. The second-order valence-electron chi connectivity index (χ2n) is 3.99. The lowest BCUT2D eigenvalue weighted by atomic mass is 10.2. The van der Waals surface area contributed by atoms with Crippen LogP contribution in [0.4, 0.5) is 0 Å². The van der Waals surface area contributed by atoms with Gasteiger partial charge in [-0.05, 0) is 23.8 Å². The summed E-state index contributed by atoms with van der Waals surface area (Å²) in [6.07, 6.45) is 1.66. The predicted molar refractivity (Wildman–Crippen MR) is 80.1 cm³/mol. The normalized spacial score (nSPS) is 10.4. The molecule has 0 unspecified atom stereocenters. The largest absolute Gasteiger partial charge is 0.388 e. The van der Waals surface area contributed by atoms with E-state index in [0.29, 0.717) is 23.9 Å². The van der Waals surface area contributed by atoms with Crippen molar-refractivity contribution in [2.75, 3.05) is 0 Å². The van der Waals surface area contributed by atoms with E-state index < -0.39 is 0 Å². The number of thiocarbonyl (C=S) groups is 1. The summed E-state index contributed by atoms with van der Waals surface area (Å²) in [4.78, 5) is 4.43. The molecule has 5 heteroatoms. The molecule has 98 valence electrons. The first kappa shape index (κ1) is 13.9. The van der Waals surface area contributed by atoms with Gasteiger partial charge in [0.05, 0.1) is 13.2 Å². The highest BCUT2D eigenvalue weighted by atomic mass is 35.5. The van der Waals surface area contributed by atoms with Crippen LogP contribution in [0.15, 0.2) is 42.6 Å². The van der Waals surface area contributed by atoms with Crippen molar-refractivity contribution in [2.45, 2.75) is 13.2 Å². The molecule has 0 atom stereocenters. The molecule has 0 aliphatic rings. The highest BCUT2D eigenvalue weighted by molar-refractivity contribution is 7.80. The summed E-state index contributed by atoms with van der Waals surface area (Å²) in [6, 6.07) is 11.3. The number of hydrogen-bond donors (Lipinski definition) is 1. The minimum absolute atomic E-state index is 0.283. The van der Waals surface area contributed by atoms with Crippen molar-refractivity contribution in [2.24, 2.45) is 5.73 Å². The van der Waals surface area contributed by atoms with Crippen LogP contribution in [-0.2, 0) is 18.0 Å². The topological polar surface area (TPSA) is 48.1 Å². The van der Waals surface area contributed by atoms with Crippen LogP contribution in [0.1, 0.15) is 16.8 Å². The van der Waals surface area contributed by atoms with Gasteiger partial charge in [0.1, 0.15) is 10.7 Å². The third-order valence-corrected chi connectivity index (χ3v) is 3.01. The summed E-state index contributed by atoms with van der Waals surface area (Å²) in [6.45, 7) is 0.923. The molecule has 0 bridgehead atoms. The monoisotopic (exact) mass is 292 g/mol. The van der Waals surface area contributed by atoms with Crippen molar-refractivity contribution >= 4 is 28.8 Å².